The van der Waals surface area contributed by atoms with E-state index in [0.29, 0.717) is 12.8 Å². The number of aliphatic hydroxyl groups is 2. The number of phosphoric ester groups is 1. The molecule has 0 spiro atoms. The van der Waals surface area contributed by atoms with Gasteiger partial charge < -0.3 is 40.3 Å². The highest BCUT2D eigenvalue weighted by Gasteiger charge is 2.51. The van der Waals surface area contributed by atoms with Gasteiger partial charge in [-0.2, -0.15) is 13.6 Å². The van der Waals surface area contributed by atoms with Crippen molar-refractivity contribution < 1.29 is 61.4 Å². The van der Waals surface area contributed by atoms with Crippen LogP contribution in [-0.2, 0) is 31.6 Å². The molecule has 3 unspecified atom stereocenters. The average molecular weight is 728 g/mol. The molecule has 2 aromatic heterocycles. The standard InChI is InChI=1S/C25H40N5O14P3/c1-14(2)7-5-8-15(3)9-6-10-16(4)11-12-17(42-46(37,38)44-47(39,40)43-45(34,35)36)21-19(31)20(32)24(41-21)30-13-27-18-22(30)28-25(26)29-23(18)33/h7,9,11,13,17,19-21,24,31-32H,5-6,8,10,12H2,1-4H3,(H,37,38)(H,39,40)(H2,34,35,36)(H3,26,28,29,33)/t17?,19-,20+,21+,24+/m0/s1. The van der Waals surface area contributed by atoms with Crippen molar-refractivity contribution in [2.75, 3.05) is 5.73 Å². The number of nitrogens with zero attached hydrogens (tertiary/aromatic N) is 3. The van der Waals surface area contributed by atoms with Gasteiger partial charge in [-0.15, -0.1) is 0 Å². The van der Waals surface area contributed by atoms with Crippen LogP contribution < -0.4 is 11.3 Å². The number of anilines is 1. The predicted molar refractivity (Wildman–Crippen MR) is 167 cm³/mol. The van der Waals surface area contributed by atoms with E-state index < -0.39 is 59.7 Å². The minimum Gasteiger partial charge on any atom is -0.387 e. The molecule has 0 amide bonds. The highest BCUT2D eigenvalue weighted by molar-refractivity contribution is 7.66. The summed E-state index contributed by atoms with van der Waals surface area (Å²) in [5.74, 6) is -0.280. The van der Waals surface area contributed by atoms with E-state index in [1.165, 1.54) is 11.1 Å². The molecule has 7 atom stereocenters. The summed E-state index contributed by atoms with van der Waals surface area (Å²) in [6.07, 6.45) is 1.27. The van der Waals surface area contributed by atoms with Crippen LogP contribution in [0.3, 0.4) is 0 Å². The molecule has 3 heterocycles. The number of ether oxygens (including phenoxy) is 1. The van der Waals surface area contributed by atoms with Crippen LogP contribution in [0.5, 0.6) is 0 Å². The highest BCUT2D eigenvalue weighted by Crippen LogP contribution is 2.67. The van der Waals surface area contributed by atoms with E-state index in [2.05, 4.69) is 35.7 Å². The molecular formula is C25H40N5O14P3. The van der Waals surface area contributed by atoms with Crippen molar-refractivity contribution in [1.82, 2.24) is 19.5 Å². The largest absolute Gasteiger partial charge is 0.490 e. The number of imidazole rings is 1. The maximum atomic E-state index is 12.8. The lowest BCUT2D eigenvalue weighted by Crippen LogP contribution is -2.39. The van der Waals surface area contributed by atoms with Gasteiger partial charge in [-0.25, -0.2) is 18.7 Å². The van der Waals surface area contributed by atoms with Crippen molar-refractivity contribution in [2.45, 2.75) is 90.4 Å². The smallest absolute Gasteiger partial charge is 0.387 e. The summed E-state index contributed by atoms with van der Waals surface area (Å²) in [5, 5.41) is 21.8. The third-order valence-corrected chi connectivity index (χ3v) is 10.7. The first kappa shape index (κ1) is 39.1. The molecule has 3 rings (SSSR count). The molecule has 2 aromatic rings. The zero-order valence-corrected chi connectivity index (χ0v) is 28.6. The SMILES string of the molecule is CC(C)=CCCC(C)=CCCC(C)=CCC(OP(=O)(O)OP(=O)(O)OP(=O)(O)O)[C@H]1O[C@@H](n2cnc3c(=O)[nH]c(N)nc32)[C@H](O)[C@@H]1O. The molecular weight excluding hydrogens is 687 g/mol. The molecule has 0 aromatic carbocycles. The number of rotatable bonds is 16. The summed E-state index contributed by atoms with van der Waals surface area (Å²) in [6.45, 7) is 7.83. The van der Waals surface area contributed by atoms with Gasteiger partial charge in [0.25, 0.3) is 5.56 Å². The Morgan fingerprint density at radius 3 is 2.23 bits per heavy atom. The van der Waals surface area contributed by atoms with Crippen molar-refractivity contribution in [3.8, 4) is 0 Å². The van der Waals surface area contributed by atoms with Crippen molar-refractivity contribution in [3.63, 3.8) is 0 Å². The van der Waals surface area contributed by atoms with Gasteiger partial charge in [0.2, 0.25) is 5.95 Å². The third-order valence-electron chi connectivity index (χ3n) is 6.87. The molecule has 0 saturated carbocycles. The predicted octanol–water partition coefficient (Wildman–Crippen LogP) is 2.84. The average Bonchev–Trinajstić information content (AvgIpc) is 3.44. The molecule has 0 aliphatic carbocycles. The summed E-state index contributed by atoms with van der Waals surface area (Å²) in [5.41, 5.74) is 7.85. The fraction of sp³-hybridized carbons (Fsp3) is 0.560. The Balaban J connectivity index is 1.86. The summed E-state index contributed by atoms with van der Waals surface area (Å²) in [7, 11) is -17.2. The van der Waals surface area contributed by atoms with E-state index in [0.717, 1.165) is 29.3 Å². The van der Waals surface area contributed by atoms with Gasteiger partial charge in [0, 0.05) is 0 Å². The lowest BCUT2D eigenvalue weighted by atomic mass is 10.0. The van der Waals surface area contributed by atoms with Crippen LogP contribution in [0.25, 0.3) is 11.2 Å². The molecule has 264 valence electrons. The maximum absolute atomic E-state index is 12.8. The Bertz CT molecular complexity index is 1710. The normalized spacial score (nSPS) is 24.2. The number of fused-ring (bicyclic) bond motifs is 1. The Labute approximate surface area is 269 Å². The Hall–Kier alpha value is -2.34. The van der Waals surface area contributed by atoms with Crippen LogP contribution in [0.4, 0.5) is 5.95 Å². The second kappa shape index (κ2) is 15.9. The second-order valence-corrected chi connectivity index (χ2v) is 15.6. The topological polar surface area (TPSA) is 299 Å². The lowest BCUT2D eigenvalue weighted by molar-refractivity contribution is -0.0798. The van der Waals surface area contributed by atoms with Crippen LogP contribution in [0.2, 0.25) is 0 Å². The molecule has 9 N–H and O–H groups in total. The van der Waals surface area contributed by atoms with Crippen molar-refractivity contribution in [3.05, 3.63) is 51.6 Å². The van der Waals surface area contributed by atoms with Crippen LogP contribution in [0, 0.1) is 0 Å². The number of aromatic amines is 1. The number of hydrogen-bond donors (Lipinski definition) is 8. The molecule has 1 aliphatic heterocycles. The van der Waals surface area contributed by atoms with Crippen molar-refractivity contribution >= 4 is 40.6 Å². The molecule has 1 saturated heterocycles. The van der Waals surface area contributed by atoms with Gasteiger partial charge in [0.05, 0.1) is 6.33 Å². The zero-order chi connectivity index (χ0) is 35.3. The van der Waals surface area contributed by atoms with E-state index >= 15 is 0 Å². The molecule has 0 radical (unpaired) electrons. The molecule has 47 heavy (non-hydrogen) atoms. The number of aliphatic hydroxyl groups excluding tert-OH is 2. The zero-order valence-electron chi connectivity index (χ0n) is 25.9. The second-order valence-electron chi connectivity index (χ2n) is 11.2. The molecule has 1 fully saturated rings. The van der Waals surface area contributed by atoms with Gasteiger partial charge in [-0.05, 0) is 59.8 Å². The lowest BCUT2D eigenvalue weighted by Gasteiger charge is -2.27. The number of phosphoric acid groups is 3. The van der Waals surface area contributed by atoms with Crippen LogP contribution in [-0.4, -0.2) is 73.7 Å². The van der Waals surface area contributed by atoms with Gasteiger partial charge in [0.1, 0.15) is 24.4 Å². The summed E-state index contributed by atoms with van der Waals surface area (Å²) in [4.78, 5) is 60.0. The van der Waals surface area contributed by atoms with Crippen molar-refractivity contribution in [2.24, 2.45) is 0 Å². The third kappa shape index (κ3) is 11.6. The highest BCUT2D eigenvalue weighted by atomic mass is 31.3. The van der Waals surface area contributed by atoms with E-state index in [1.807, 2.05) is 20.8 Å². The van der Waals surface area contributed by atoms with E-state index in [9.17, 15) is 38.5 Å². The molecule has 19 nitrogen and oxygen atoms in total. The van der Waals surface area contributed by atoms with Gasteiger partial charge >= 0.3 is 23.5 Å². The van der Waals surface area contributed by atoms with Gasteiger partial charge in [-0.3, -0.25) is 18.9 Å². The van der Waals surface area contributed by atoms with Crippen molar-refractivity contribution in [1.29, 1.82) is 0 Å². The number of allylic oxidation sites excluding steroid dienone is 5. The monoisotopic (exact) mass is 727 g/mol. The Morgan fingerprint density at radius 1 is 1.00 bits per heavy atom. The number of nitrogen functional groups attached to an aromatic ring is 1. The summed E-state index contributed by atoms with van der Waals surface area (Å²) >= 11 is 0. The Kier molecular flexibility index (Phi) is 13.2. The van der Waals surface area contributed by atoms with E-state index in [4.69, 9.17) is 24.8 Å². The molecule has 0 bridgehead atoms. The quantitative estimate of drug-likeness (QED) is 0.0910. The first-order valence-electron chi connectivity index (χ1n) is 14.2. The summed E-state index contributed by atoms with van der Waals surface area (Å²) < 4.78 is 55.5. The van der Waals surface area contributed by atoms with E-state index in [1.54, 1.807) is 13.0 Å². The number of aromatic nitrogens is 4. The first-order chi connectivity index (χ1) is 21.7. The minimum absolute atomic E-state index is 0.118. The maximum Gasteiger partial charge on any atom is 0.490 e. The van der Waals surface area contributed by atoms with Crippen LogP contribution >= 0.6 is 23.5 Å². The minimum atomic E-state index is -5.86. The Morgan fingerprint density at radius 2 is 1.62 bits per heavy atom. The fourth-order valence-electron chi connectivity index (χ4n) is 4.72. The first-order valence-corrected chi connectivity index (χ1v) is 18.7. The van der Waals surface area contributed by atoms with Crippen LogP contribution in [0.15, 0.2) is 46.1 Å². The van der Waals surface area contributed by atoms with Crippen LogP contribution in [0.1, 0.15) is 66.0 Å². The van der Waals surface area contributed by atoms with Gasteiger partial charge in [0.15, 0.2) is 17.4 Å². The summed E-state index contributed by atoms with van der Waals surface area (Å²) in [6, 6.07) is 0. The molecule has 1 aliphatic rings. The van der Waals surface area contributed by atoms with Gasteiger partial charge in [-0.1, -0.05) is 34.9 Å². The fourth-order valence-corrected chi connectivity index (χ4v) is 7.92. The number of H-pyrrole nitrogens is 1. The van der Waals surface area contributed by atoms with E-state index in [-0.39, 0.29) is 23.5 Å². The number of nitrogens with one attached hydrogen (secondary N) is 1. The number of nitrogens with two attached hydrogens (primary N) is 1. The molecule has 22 heteroatoms. The number of hydrogen-bond acceptors (Lipinski definition) is 13.